The summed E-state index contributed by atoms with van der Waals surface area (Å²) in [5.41, 5.74) is 0. The Morgan fingerprint density at radius 3 is 2.83 bits per heavy atom. The zero-order valence-electron chi connectivity index (χ0n) is 9.92. The molecule has 0 unspecified atom stereocenters. The molecule has 0 spiro atoms. The normalized spacial score (nSPS) is 10.3. The van der Waals surface area contributed by atoms with Crippen molar-refractivity contribution in [1.29, 1.82) is 0 Å². The van der Waals surface area contributed by atoms with Crippen molar-refractivity contribution in [3.8, 4) is 0 Å². The Labute approximate surface area is 114 Å². The molecule has 94 valence electrons. The number of nitrogens with one attached hydrogen (secondary N) is 1. The number of carbonyl (C=O) groups excluding carboxylic acids is 1. The van der Waals surface area contributed by atoms with E-state index in [1.165, 1.54) is 23.3 Å². The highest BCUT2D eigenvalue weighted by Gasteiger charge is 2.07. The number of benzene rings is 1. The van der Waals surface area contributed by atoms with Gasteiger partial charge in [0.15, 0.2) is 0 Å². The summed E-state index contributed by atoms with van der Waals surface area (Å²) in [5, 5.41) is 3.63. The number of nitrogens with zero attached hydrogens (tertiary/aromatic N) is 2. The van der Waals surface area contributed by atoms with Gasteiger partial charge in [0, 0.05) is 4.90 Å². The summed E-state index contributed by atoms with van der Waals surface area (Å²) in [6.07, 6.45) is 0.840. The lowest BCUT2D eigenvalue weighted by molar-refractivity contribution is -0.113. The molecule has 2 rings (SSSR count). The topological polar surface area (TPSA) is 54.9 Å². The van der Waals surface area contributed by atoms with E-state index in [0.29, 0.717) is 11.7 Å². The fourth-order valence-corrected chi connectivity index (χ4v) is 2.53. The molecule has 1 aromatic carbocycles. The van der Waals surface area contributed by atoms with Crippen LogP contribution < -0.4 is 5.32 Å². The number of aromatic nitrogens is 2. The predicted molar refractivity (Wildman–Crippen MR) is 75.1 cm³/mol. The van der Waals surface area contributed by atoms with Gasteiger partial charge < -0.3 is 0 Å². The molecule has 0 aliphatic rings. The molecule has 2 aromatic rings. The Morgan fingerprint density at radius 2 is 2.17 bits per heavy atom. The van der Waals surface area contributed by atoms with Gasteiger partial charge in [0.05, 0.1) is 5.75 Å². The Kier molecular flexibility index (Phi) is 4.72. The van der Waals surface area contributed by atoms with Crippen LogP contribution >= 0.6 is 23.3 Å². The standard InChI is InChI=1S/C12H13N3OS2/c1-2-11-14-12(15-18-11)13-10(16)8-17-9-6-4-3-5-7-9/h3-7H,2,8H2,1H3,(H,13,15,16). The zero-order valence-corrected chi connectivity index (χ0v) is 11.6. The second kappa shape index (κ2) is 6.51. The van der Waals surface area contributed by atoms with Gasteiger partial charge in [-0.15, -0.1) is 11.8 Å². The van der Waals surface area contributed by atoms with E-state index in [0.717, 1.165) is 16.3 Å². The van der Waals surface area contributed by atoms with Crippen LogP contribution in [0, 0.1) is 0 Å². The van der Waals surface area contributed by atoms with Crippen LogP contribution in [-0.2, 0) is 11.2 Å². The smallest absolute Gasteiger partial charge is 0.241 e. The van der Waals surface area contributed by atoms with Crippen LogP contribution in [0.4, 0.5) is 5.95 Å². The van der Waals surface area contributed by atoms with E-state index in [-0.39, 0.29) is 5.91 Å². The lowest BCUT2D eigenvalue weighted by Crippen LogP contribution is -2.14. The van der Waals surface area contributed by atoms with Crippen molar-refractivity contribution >= 4 is 35.1 Å². The summed E-state index contributed by atoms with van der Waals surface area (Å²) in [5.74, 6) is 0.699. The predicted octanol–water partition coefficient (Wildman–Crippen LogP) is 2.83. The second-order valence-electron chi connectivity index (χ2n) is 3.52. The van der Waals surface area contributed by atoms with E-state index in [1.807, 2.05) is 37.3 Å². The Balaban J connectivity index is 1.82. The quantitative estimate of drug-likeness (QED) is 0.855. The van der Waals surface area contributed by atoms with Gasteiger partial charge in [-0.05, 0) is 30.1 Å². The monoisotopic (exact) mass is 279 g/mol. The van der Waals surface area contributed by atoms with Crippen molar-refractivity contribution in [2.24, 2.45) is 0 Å². The fraction of sp³-hybridized carbons (Fsp3) is 0.250. The molecule has 0 aliphatic carbocycles. The Bertz CT molecular complexity index is 513. The number of thioether (sulfide) groups is 1. The fourth-order valence-electron chi connectivity index (χ4n) is 1.28. The van der Waals surface area contributed by atoms with E-state index in [2.05, 4.69) is 14.7 Å². The maximum Gasteiger partial charge on any atom is 0.241 e. The van der Waals surface area contributed by atoms with E-state index in [1.54, 1.807) is 0 Å². The van der Waals surface area contributed by atoms with Crippen molar-refractivity contribution in [1.82, 2.24) is 9.36 Å². The van der Waals surface area contributed by atoms with Crippen molar-refractivity contribution in [2.45, 2.75) is 18.2 Å². The average molecular weight is 279 g/mol. The molecule has 18 heavy (non-hydrogen) atoms. The number of aryl methyl sites for hydroxylation is 1. The van der Waals surface area contributed by atoms with Crippen LogP contribution in [0.3, 0.4) is 0 Å². The van der Waals surface area contributed by atoms with E-state index < -0.39 is 0 Å². The molecule has 0 fully saturated rings. The summed E-state index contributed by atoms with van der Waals surface area (Å²) < 4.78 is 4.07. The van der Waals surface area contributed by atoms with Gasteiger partial charge >= 0.3 is 0 Å². The number of anilines is 1. The highest BCUT2D eigenvalue weighted by Crippen LogP contribution is 2.17. The largest absolute Gasteiger partial charge is 0.293 e. The van der Waals surface area contributed by atoms with Crippen LogP contribution in [0.1, 0.15) is 11.9 Å². The molecule has 0 bridgehead atoms. The molecule has 0 saturated carbocycles. The van der Waals surface area contributed by atoms with Crippen molar-refractivity contribution in [3.63, 3.8) is 0 Å². The van der Waals surface area contributed by atoms with Gasteiger partial charge in [0.25, 0.3) is 0 Å². The second-order valence-corrected chi connectivity index (χ2v) is 5.40. The number of hydrogen-bond acceptors (Lipinski definition) is 5. The maximum absolute atomic E-state index is 11.7. The van der Waals surface area contributed by atoms with Crippen LogP contribution in [0.15, 0.2) is 35.2 Å². The zero-order chi connectivity index (χ0) is 12.8. The van der Waals surface area contributed by atoms with Crippen LogP contribution in [0.2, 0.25) is 0 Å². The number of rotatable bonds is 5. The van der Waals surface area contributed by atoms with E-state index >= 15 is 0 Å². The van der Waals surface area contributed by atoms with Crippen LogP contribution in [-0.4, -0.2) is 21.0 Å². The molecule has 1 amide bonds. The highest BCUT2D eigenvalue weighted by atomic mass is 32.2. The van der Waals surface area contributed by atoms with E-state index in [4.69, 9.17) is 0 Å². The molecule has 0 atom stereocenters. The van der Waals surface area contributed by atoms with Gasteiger partial charge in [0.2, 0.25) is 11.9 Å². The summed E-state index contributed by atoms with van der Waals surface area (Å²) in [6, 6.07) is 9.82. The minimum atomic E-state index is -0.0793. The SMILES string of the molecule is CCc1nc(NC(=O)CSc2ccccc2)ns1. The summed E-state index contributed by atoms with van der Waals surface area (Å²) in [6.45, 7) is 2.01. The summed E-state index contributed by atoms with van der Waals surface area (Å²) in [4.78, 5) is 16.9. The van der Waals surface area contributed by atoms with Crippen LogP contribution in [0.25, 0.3) is 0 Å². The maximum atomic E-state index is 11.7. The molecule has 4 nitrogen and oxygen atoms in total. The molecule has 6 heteroatoms. The van der Waals surface area contributed by atoms with Crippen molar-refractivity contribution in [2.75, 3.05) is 11.1 Å². The van der Waals surface area contributed by atoms with Crippen molar-refractivity contribution < 1.29 is 4.79 Å². The lowest BCUT2D eigenvalue weighted by atomic mass is 10.4. The number of amides is 1. The first-order chi connectivity index (χ1) is 8.78. The van der Waals surface area contributed by atoms with Gasteiger partial charge in [-0.2, -0.15) is 4.37 Å². The first-order valence-electron chi connectivity index (χ1n) is 5.58. The number of hydrogen-bond donors (Lipinski definition) is 1. The van der Waals surface area contributed by atoms with Gasteiger partial charge in [-0.25, -0.2) is 4.98 Å². The molecule has 1 aromatic heterocycles. The van der Waals surface area contributed by atoms with Gasteiger partial charge in [-0.3, -0.25) is 10.1 Å². The molecular formula is C12H13N3OS2. The first kappa shape index (κ1) is 13.0. The lowest BCUT2D eigenvalue weighted by Gasteiger charge is -2.01. The van der Waals surface area contributed by atoms with E-state index in [9.17, 15) is 4.79 Å². The molecule has 0 aliphatic heterocycles. The third-order valence-corrected chi connectivity index (χ3v) is 4.00. The van der Waals surface area contributed by atoms with Gasteiger partial charge in [0.1, 0.15) is 5.01 Å². The highest BCUT2D eigenvalue weighted by molar-refractivity contribution is 8.00. The Hall–Kier alpha value is -1.40. The molecule has 1 heterocycles. The summed E-state index contributed by atoms with van der Waals surface area (Å²) >= 11 is 2.82. The van der Waals surface area contributed by atoms with Crippen LogP contribution in [0.5, 0.6) is 0 Å². The minimum absolute atomic E-state index is 0.0793. The average Bonchev–Trinajstić information content (AvgIpc) is 2.85. The third-order valence-electron chi connectivity index (χ3n) is 2.13. The first-order valence-corrected chi connectivity index (χ1v) is 7.34. The van der Waals surface area contributed by atoms with Gasteiger partial charge in [-0.1, -0.05) is 25.1 Å². The number of carbonyl (C=O) groups is 1. The minimum Gasteiger partial charge on any atom is -0.293 e. The third kappa shape index (κ3) is 3.82. The molecular weight excluding hydrogens is 266 g/mol. The Morgan fingerprint density at radius 1 is 1.39 bits per heavy atom. The van der Waals surface area contributed by atoms with Crippen molar-refractivity contribution in [3.05, 3.63) is 35.3 Å². The molecule has 1 N–H and O–H groups in total. The molecule has 0 radical (unpaired) electrons. The summed E-state index contributed by atoms with van der Waals surface area (Å²) in [7, 11) is 0. The molecule has 0 saturated heterocycles.